The van der Waals surface area contributed by atoms with Crippen molar-refractivity contribution in [3.8, 4) is 5.75 Å². The Labute approximate surface area is 105 Å². The summed E-state index contributed by atoms with van der Waals surface area (Å²) in [5.41, 5.74) is 2.56. The largest absolute Gasteiger partial charge is 0.508 e. The van der Waals surface area contributed by atoms with E-state index in [0.29, 0.717) is 18.7 Å². The zero-order valence-electron chi connectivity index (χ0n) is 9.71. The molecule has 18 heavy (non-hydrogen) atoms. The number of nitrogens with zero attached hydrogens (tertiary/aromatic N) is 2. The van der Waals surface area contributed by atoms with Crippen molar-refractivity contribution in [2.24, 2.45) is 0 Å². The predicted octanol–water partition coefficient (Wildman–Crippen LogP) is 1.94. The van der Waals surface area contributed by atoms with E-state index >= 15 is 0 Å². The molecule has 3 rings (SSSR count). The van der Waals surface area contributed by atoms with Crippen molar-refractivity contribution in [3.05, 3.63) is 59.4 Å². The molecule has 0 saturated carbocycles. The van der Waals surface area contributed by atoms with Gasteiger partial charge in [0.25, 0.3) is 5.91 Å². The van der Waals surface area contributed by atoms with Crippen LogP contribution >= 0.6 is 0 Å². The van der Waals surface area contributed by atoms with Gasteiger partial charge in [0, 0.05) is 31.0 Å². The van der Waals surface area contributed by atoms with E-state index in [-0.39, 0.29) is 11.7 Å². The first-order chi connectivity index (χ1) is 8.74. The number of phenols is 1. The predicted molar refractivity (Wildman–Crippen MR) is 65.9 cm³/mol. The zero-order chi connectivity index (χ0) is 12.5. The summed E-state index contributed by atoms with van der Waals surface area (Å²) in [6.45, 7) is 1.08. The molecular weight excluding hydrogens is 228 g/mol. The Morgan fingerprint density at radius 1 is 1.33 bits per heavy atom. The van der Waals surface area contributed by atoms with E-state index in [0.717, 1.165) is 11.1 Å². The van der Waals surface area contributed by atoms with Crippen molar-refractivity contribution in [1.82, 2.24) is 9.88 Å². The topological polar surface area (TPSA) is 53.4 Å². The number of rotatable bonds is 2. The molecule has 0 atom stereocenters. The van der Waals surface area contributed by atoms with Gasteiger partial charge in [-0.2, -0.15) is 0 Å². The molecule has 0 aliphatic carbocycles. The first kappa shape index (κ1) is 10.8. The van der Waals surface area contributed by atoms with E-state index in [4.69, 9.17) is 0 Å². The molecule has 0 spiro atoms. The van der Waals surface area contributed by atoms with Gasteiger partial charge < -0.3 is 10.0 Å². The smallest absolute Gasteiger partial charge is 0.254 e. The Balaban J connectivity index is 1.84. The highest BCUT2D eigenvalue weighted by Crippen LogP contribution is 2.27. The average molecular weight is 240 g/mol. The number of pyridine rings is 1. The van der Waals surface area contributed by atoms with Crippen molar-refractivity contribution < 1.29 is 9.90 Å². The second kappa shape index (κ2) is 4.14. The van der Waals surface area contributed by atoms with Gasteiger partial charge in [-0.25, -0.2) is 0 Å². The van der Waals surface area contributed by atoms with E-state index in [1.807, 2.05) is 12.1 Å². The Morgan fingerprint density at radius 2 is 2.22 bits per heavy atom. The lowest BCUT2D eigenvalue weighted by Crippen LogP contribution is -2.23. The maximum atomic E-state index is 12.1. The third-order valence-corrected chi connectivity index (χ3v) is 3.06. The number of carbonyl (C=O) groups excluding carboxylic acids is 1. The van der Waals surface area contributed by atoms with E-state index < -0.39 is 0 Å². The molecule has 90 valence electrons. The maximum absolute atomic E-state index is 12.1. The molecule has 0 unspecified atom stereocenters. The summed E-state index contributed by atoms with van der Waals surface area (Å²) in [5, 5.41) is 9.42. The minimum absolute atomic E-state index is 0.00820. The van der Waals surface area contributed by atoms with Crippen molar-refractivity contribution >= 4 is 5.91 Å². The Hall–Kier alpha value is -2.36. The van der Waals surface area contributed by atoms with Crippen LogP contribution in [0.15, 0.2) is 42.7 Å². The van der Waals surface area contributed by atoms with Gasteiger partial charge in [-0.15, -0.1) is 0 Å². The minimum Gasteiger partial charge on any atom is -0.508 e. The second-order valence-corrected chi connectivity index (χ2v) is 4.36. The summed E-state index contributed by atoms with van der Waals surface area (Å²) in [6, 6.07) is 8.67. The SMILES string of the molecule is O=C1c2ccc(O)cc2CN1Cc1cccnc1. The minimum atomic E-state index is 0.00820. The van der Waals surface area contributed by atoms with Crippen LogP contribution in [0.2, 0.25) is 0 Å². The molecule has 0 saturated heterocycles. The number of phenolic OH excluding ortho intramolecular Hbond substituents is 1. The number of fused-ring (bicyclic) bond motifs is 1. The van der Waals surface area contributed by atoms with Crippen LogP contribution in [0.4, 0.5) is 0 Å². The third kappa shape index (κ3) is 1.82. The summed E-state index contributed by atoms with van der Waals surface area (Å²) in [7, 11) is 0. The molecule has 1 aromatic carbocycles. The zero-order valence-corrected chi connectivity index (χ0v) is 9.71. The second-order valence-electron chi connectivity index (χ2n) is 4.36. The molecule has 1 aromatic heterocycles. The van der Waals surface area contributed by atoms with Crippen molar-refractivity contribution in [2.75, 3.05) is 0 Å². The average Bonchev–Trinajstić information content (AvgIpc) is 2.67. The summed E-state index contributed by atoms with van der Waals surface area (Å²) in [6.07, 6.45) is 3.47. The van der Waals surface area contributed by atoms with Crippen LogP contribution in [0.1, 0.15) is 21.5 Å². The highest BCUT2D eigenvalue weighted by atomic mass is 16.3. The van der Waals surface area contributed by atoms with Crippen LogP contribution in [0.3, 0.4) is 0 Å². The number of amides is 1. The molecular formula is C14H12N2O2. The lowest BCUT2D eigenvalue weighted by molar-refractivity contribution is 0.0766. The number of aromatic hydroxyl groups is 1. The van der Waals surface area contributed by atoms with Gasteiger partial charge in [-0.05, 0) is 35.4 Å². The molecule has 2 aromatic rings. The molecule has 1 aliphatic rings. The fourth-order valence-corrected chi connectivity index (χ4v) is 2.21. The Morgan fingerprint density at radius 3 is 3.00 bits per heavy atom. The van der Waals surface area contributed by atoms with Gasteiger partial charge in [-0.1, -0.05) is 6.07 Å². The van der Waals surface area contributed by atoms with Crippen LogP contribution in [-0.4, -0.2) is 20.9 Å². The van der Waals surface area contributed by atoms with Gasteiger partial charge in [0.15, 0.2) is 0 Å². The first-order valence-corrected chi connectivity index (χ1v) is 5.74. The normalized spacial score (nSPS) is 13.8. The monoisotopic (exact) mass is 240 g/mol. The molecule has 0 radical (unpaired) electrons. The third-order valence-electron chi connectivity index (χ3n) is 3.06. The van der Waals surface area contributed by atoms with Crippen molar-refractivity contribution in [2.45, 2.75) is 13.1 Å². The number of hydrogen-bond donors (Lipinski definition) is 1. The van der Waals surface area contributed by atoms with Gasteiger partial charge in [-0.3, -0.25) is 9.78 Å². The van der Waals surface area contributed by atoms with Crippen molar-refractivity contribution in [1.29, 1.82) is 0 Å². The molecule has 1 aliphatic heterocycles. The van der Waals surface area contributed by atoms with Crippen molar-refractivity contribution in [3.63, 3.8) is 0 Å². The molecule has 2 heterocycles. The maximum Gasteiger partial charge on any atom is 0.254 e. The van der Waals surface area contributed by atoms with E-state index in [2.05, 4.69) is 4.98 Å². The summed E-state index contributed by atoms with van der Waals surface area (Å²) in [5.74, 6) is 0.207. The fourth-order valence-electron chi connectivity index (χ4n) is 2.21. The molecule has 0 fully saturated rings. The molecule has 4 heteroatoms. The highest BCUT2D eigenvalue weighted by molar-refractivity contribution is 5.98. The quantitative estimate of drug-likeness (QED) is 0.872. The summed E-state index contributed by atoms with van der Waals surface area (Å²) >= 11 is 0. The van der Waals surface area contributed by atoms with Crippen LogP contribution in [-0.2, 0) is 13.1 Å². The van der Waals surface area contributed by atoms with Crippen LogP contribution in [0.25, 0.3) is 0 Å². The number of carbonyl (C=O) groups is 1. The fraction of sp³-hybridized carbons (Fsp3) is 0.143. The van der Waals surface area contributed by atoms with Gasteiger partial charge in [0.2, 0.25) is 0 Å². The molecule has 1 N–H and O–H groups in total. The number of hydrogen-bond acceptors (Lipinski definition) is 3. The lowest BCUT2D eigenvalue weighted by Gasteiger charge is -2.15. The standard InChI is InChI=1S/C14H12N2O2/c17-12-3-4-13-11(6-12)9-16(14(13)18)8-10-2-1-5-15-7-10/h1-7,17H,8-9H2. The lowest BCUT2D eigenvalue weighted by atomic mass is 10.1. The summed E-state index contributed by atoms with van der Waals surface area (Å²) in [4.78, 5) is 17.9. The van der Waals surface area contributed by atoms with Crippen LogP contribution in [0, 0.1) is 0 Å². The van der Waals surface area contributed by atoms with Gasteiger partial charge >= 0.3 is 0 Å². The first-order valence-electron chi connectivity index (χ1n) is 5.74. The van der Waals surface area contributed by atoms with Crippen LogP contribution < -0.4 is 0 Å². The van der Waals surface area contributed by atoms with Gasteiger partial charge in [0.1, 0.15) is 5.75 Å². The van der Waals surface area contributed by atoms with Crippen LogP contribution in [0.5, 0.6) is 5.75 Å². The summed E-state index contributed by atoms with van der Waals surface area (Å²) < 4.78 is 0. The van der Waals surface area contributed by atoms with E-state index in [9.17, 15) is 9.90 Å². The molecule has 4 nitrogen and oxygen atoms in total. The molecule has 1 amide bonds. The van der Waals surface area contributed by atoms with Gasteiger partial charge in [0.05, 0.1) is 0 Å². The number of benzene rings is 1. The Kier molecular flexibility index (Phi) is 2.48. The molecule has 0 bridgehead atoms. The van der Waals surface area contributed by atoms with E-state index in [1.165, 1.54) is 0 Å². The number of aromatic nitrogens is 1. The van der Waals surface area contributed by atoms with E-state index in [1.54, 1.807) is 35.5 Å². The Bertz CT molecular complexity index is 596. The highest BCUT2D eigenvalue weighted by Gasteiger charge is 2.27.